The Hall–Kier alpha value is -2.97. The number of Topliss-reactive ketones (excluding diaryl/α,β-unsaturated/α-hetero) is 1. The summed E-state index contributed by atoms with van der Waals surface area (Å²) in [6, 6.07) is 11.0. The van der Waals surface area contributed by atoms with E-state index in [4.69, 9.17) is 26.2 Å². The number of carbonyl (C=O) groups excluding carboxylic acids is 2. The summed E-state index contributed by atoms with van der Waals surface area (Å²) >= 11 is 7.18. The lowest BCUT2D eigenvalue weighted by atomic mass is 9.96. The number of amidine groups is 1. The molecule has 1 aliphatic heterocycles. The largest absolute Gasteiger partial charge is 0.466 e. The third-order valence-corrected chi connectivity index (χ3v) is 7.12. The van der Waals surface area contributed by atoms with Gasteiger partial charge in [-0.25, -0.2) is 4.98 Å². The van der Waals surface area contributed by atoms with Crippen LogP contribution in [0.2, 0.25) is 4.34 Å². The molecule has 0 bridgehead atoms. The molecule has 0 unspecified atom stereocenters. The van der Waals surface area contributed by atoms with Gasteiger partial charge in [-0.05, 0) is 44.0 Å². The molecule has 7 nitrogen and oxygen atoms in total. The van der Waals surface area contributed by atoms with Crippen molar-refractivity contribution in [2.75, 3.05) is 19.7 Å². The van der Waals surface area contributed by atoms with E-state index in [2.05, 4.69) is 4.98 Å². The average molecular weight is 500 g/mol. The number of hydrogen-bond donors (Lipinski definition) is 1. The molecule has 34 heavy (non-hydrogen) atoms. The van der Waals surface area contributed by atoms with Gasteiger partial charge in [0.25, 0.3) is 0 Å². The van der Waals surface area contributed by atoms with Crippen molar-refractivity contribution < 1.29 is 18.7 Å². The molecular weight excluding hydrogens is 474 g/mol. The minimum atomic E-state index is -0.136. The summed E-state index contributed by atoms with van der Waals surface area (Å²) in [7, 11) is 0. The highest BCUT2D eigenvalue weighted by atomic mass is 35.5. The normalized spacial score (nSPS) is 14.2. The van der Waals surface area contributed by atoms with Gasteiger partial charge in [0.15, 0.2) is 5.78 Å². The van der Waals surface area contributed by atoms with Crippen molar-refractivity contribution in [3.63, 3.8) is 0 Å². The van der Waals surface area contributed by atoms with Gasteiger partial charge in [-0.1, -0.05) is 23.7 Å². The average Bonchev–Trinajstić information content (AvgIpc) is 3.52. The number of piperidine rings is 1. The minimum absolute atomic E-state index is 0.0376. The zero-order valence-corrected chi connectivity index (χ0v) is 20.5. The SMILES string of the molecule is CCOC(=O)C1CCN(C(=N)c2ccc(-c3nc(CCC(=O)c4ccc(Cl)s4)co3)cc2)CC1. The lowest BCUT2D eigenvalue weighted by Gasteiger charge is -2.32. The molecule has 0 amide bonds. The first-order valence-corrected chi connectivity index (χ1v) is 12.5. The zero-order chi connectivity index (χ0) is 24.1. The number of thiophene rings is 1. The molecule has 0 aliphatic carbocycles. The maximum absolute atomic E-state index is 12.3. The van der Waals surface area contributed by atoms with Crippen LogP contribution in [-0.2, 0) is 16.0 Å². The lowest BCUT2D eigenvalue weighted by molar-refractivity contribution is -0.149. The fourth-order valence-corrected chi connectivity index (χ4v) is 4.95. The van der Waals surface area contributed by atoms with Gasteiger partial charge in [-0.15, -0.1) is 11.3 Å². The first-order valence-electron chi connectivity index (χ1n) is 11.3. The molecule has 9 heteroatoms. The highest BCUT2D eigenvalue weighted by Gasteiger charge is 2.27. The Morgan fingerprint density at radius 1 is 1.21 bits per heavy atom. The highest BCUT2D eigenvalue weighted by Crippen LogP contribution is 2.25. The number of ketones is 1. The molecule has 0 radical (unpaired) electrons. The predicted octanol–water partition coefficient (Wildman–Crippen LogP) is 5.47. The number of ether oxygens (including phenoxy) is 1. The summed E-state index contributed by atoms with van der Waals surface area (Å²) in [4.78, 5) is 31.3. The smallest absolute Gasteiger partial charge is 0.309 e. The lowest BCUT2D eigenvalue weighted by Crippen LogP contribution is -2.40. The second-order valence-electron chi connectivity index (χ2n) is 8.11. The second-order valence-corrected chi connectivity index (χ2v) is 9.83. The molecule has 1 saturated heterocycles. The van der Waals surface area contributed by atoms with Gasteiger partial charge in [0.05, 0.1) is 27.4 Å². The van der Waals surface area contributed by atoms with Gasteiger partial charge in [-0.3, -0.25) is 15.0 Å². The van der Waals surface area contributed by atoms with E-state index in [1.165, 1.54) is 11.3 Å². The number of halogens is 1. The molecule has 178 valence electrons. The topological polar surface area (TPSA) is 96.5 Å². The van der Waals surface area contributed by atoms with Crippen LogP contribution in [0, 0.1) is 11.3 Å². The first kappa shape index (κ1) is 24.2. The second kappa shape index (κ2) is 11.0. The monoisotopic (exact) mass is 499 g/mol. The van der Waals surface area contributed by atoms with Gasteiger partial charge in [0.2, 0.25) is 5.89 Å². The predicted molar refractivity (Wildman–Crippen MR) is 132 cm³/mol. The Morgan fingerprint density at radius 2 is 1.94 bits per heavy atom. The number of hydrogen-bond acceptors (Lipinski definition) is 7. The number of likely N-dealkylation sites (tertiary alicyclic amines) is 1. The van der Waals surface area contributed by atoms with Crippen LogP contribution in [0.3, 0.4) is 0 Å². The standard InChI is InChI=1S/C25H26ClN3O4S/c1-2-32-25(31)18-11-13-29(14-12-18)23(27)16-3-5-17(6-4-16)24-28-19(15-33-24)7-8-20(30)21-9-10-22(26)34-21/h3-6,9-10,15,18,27H,2,7-8,11-14H2,1H3. The van der Waals surface area contributed by atoms with Crippen LogP contribution in [-0.4, -0.2) is 47.2 Å². The molecule has 1 fully saturated rings. The Bertz CT molecular complexity index is 1160. The van der Waals surface area contributed by atoms with E-state index >= 15 is 0 Å². The molecule has 0 atom stereocenters. The van der Waals surface area contributed by atoms with Gasteiger partial charge in [0, 0.05) is 37.1 Å². The van der Waals surface area contributed by atoms with E-state index in [0.717, 1.165) is 11.1 Å². The van der Waals surface area contributed by atoms with Crippen LogP contribution in [0.4, 0.5) is 0 Å². The van der Waals surface area contributed by atoms with Crippen molar-refractivity contribution >= 4 is 40.5 Å². The van der Waals surface area contributed by atoms with Gasteiger partial charge < -0.3 is 14.1 Å². The molecule has 4 rings (SSSR count). The Balaban J connectivity index is 1.31. The molecule has 1 aliphatic rings. The number of carbonyl (C=O) groups is 2. The molecule has 0 spiro atoms. The van der Waals surface area contributed by atoms with Crippen LogP contribution in [0.1, 0.15) is 47.1 Å². The molecule has 3 aromatic rings. The summed E-state index contributed by atoms with van der Waals surface area (Å²) in [5.74, 6) is 0.743. The summed E-state index contributed by atoms with van der Waals surface area (Å²) in [5, 5.41) is 8.56. The van der Waals surface area contributed by atoms with Crippen molar-refractivity contribution in [3.05, 3.63) is 63.1 Å². The van der Waals surface area contributed by atoms with Gasteiger partial charge in [0.1, 0.15) is 12.1 Å². The maximum Gasteiger partial charge on any atom is 0.309 e. The maximum atomic E-state index is 12.3. The third-order valence-electron chi connectivity index (χ3n) is 5.84. The summed E-state index contributed by atoms with van der Waals surface area (Å²) in [6.07, 6.45) is 3.79. The number of aryl methyl sites for hydroxylation is 1. The van der Waals surface area contributed by atoms with Gasteiger partial charge in [-0.2, -0.15) is 0 Å². The number of nitrogens with zero attached hydrogens (tertiary/aromatic N) is 2. The van der Waals surface area contributed by atoms with Crippen molar-refractivity contribution in [1.29, 1.82) is 5.41 Å². The van der Waals surface area contributed by atoms with E-state index < -0.39 is 0 Å². The van der Waals surface area contributed by atoms with Crippen LogP contribution in [0.25, 0.3) is 11.5 Å². The summed E-state index contributed by atoms with van der Waals surface area (Å²) in [5.41, 5.74) is 2.32. The van der Waals surface area contributed by atoms with Crippen molar-refractivity contribution in [3.8, 4) is 11.5 Å². The van der Waals surface area contributed by atoms with Gasteiger partial charge >= 0.3 is 5.97 Å². The Labute approximate surface area is 207 Å². The molecule has 2 aromatic heterocycles. The molecule has 1 N–H and O–H groups in total. The quantitative estimate of drug-likeness (QED) is 0.191. The van der Waals surface area contributed by atoms with Crippen molar-refractivity contribution in [2.24, 2.45) is 5.92 Å². The van der Waals surface area contributed by atoms with Crippen molar-refractivity contribution in [2.45, 2.75) is 32.6 Å². The van der Waals surface area contributed by atoms with Crippen LogP contribution in [0.5, 0.6) is 0 Å². The minimum Gasteiger partial charge on any atom is -0.466 e. The fourth-order valence-electron chi connectivity index (χ4n) is 3.94. The fraction of sp³-hybridized carbons (Fsp3) is 0.360. The van der Waals surface area contributed by atoms with E-state index in [0.29, 0.717) is 72.0 Å². The number of benzene rings is 1. The third kappa shape index (κ3) is 5.74. The van der Waals surface area contributed by atoms with E-state index in [9.17, 15) is 9.59 Å². The van der Waals surface area contributed by atoms with Crippen LogP contribution >= 0.6 is 22.9 Å². The number of rotatable bonds is 8. The molecule has 3 heterocycles. The number of aromatic nitrogens is 1. The Morgan fingerprint density at radius 3 is 2.59 bits per heavy atom. The van der Waals surface area contributed by atoms with E-state index in [-0.39, 0.29) is 17.7 Å². The Kier molecular flexibility index (Phi) is 7.80. The van der Waals surface area contributed by atoms with Crippen LogP contribution in [0.15, 0.2) is 47.1 Å². The van der Waals surface area contributed by atoms with Crippen LogP contribution < -0.4 is 0 Å². The van der Waals surface area contributed by atoms with E-state index in [1.807, 2.05) is 36.1 Å². The van der Waals surface area contributed by atoms with Crippen molar-refractivity contribution in [1.82, 2.24) is 9.88 Å². The first-order chi connectivity index (χ1) is 16.4. The number of esters is 1. The summed E-state index contributed by atoms with van der Waals surface area (Å²) < 4.78 is 11.3. The van der Waals surface area contributed by atoms with E-state index in [1.54, 1.807) is 18.4 Å². The zero-order valence-electron chi connectivity index (χ0n) is 18.9. The molecular formula is C25H26ClN3O4S. The highest BCUT2D eigenvalue weighted by molar-refractivity contribution is 7.18. The summed E-state index contributed by atoms with van der Waals surface area (Å²) in [6.45, 7) is 3.53. The number of oxazole rings is 1. The molecule has 0 saturated carbocycles. The number of nitrogens with one attached hydrogen (secondary N) is 1. The molecule has 1 aromatic carbocycles.